The normalized spacial score (nSPS) is 23.3. The van der Waals surface area contributed by atoms with E-state index in [1.165, 1.54) is 0 Å². The molecular formula is C30H35NO5Si. The molecule has 1 amide bonds. The van der Waals surface area contributed by atoms with Crippen molar-refractivity contribution in [1.82, 2.24) is 0 Å². The SMILES string of the molecule is C[C@@H]1[C@@H]([Si](C)(C)O)[C@H](CCO)O[C@@H]1CCc1cccc(N2C(=O)c3ccccc3Oc3ccccc32)c1. The van der Waals surface area contributed by atoms with E-state index in [0.717, 1.165) is 24.1 Å². The van der Waals surface area contributed by atoms with Crippen molar-refractivity contribution in [3.63, 3.8) is 0 Å². The van der Waals surface area contributed by atoms with Gasteiger partial charge in [-0.25, -0.2) is 0 Å². The second kappa shape index (κ2) is 10.4. The van der Waals surface area contributed by atoms with E-state index < -0.39 is 8.32 Å². The maximum Gasteiger partial charge on any atom is 0.266 e. The topological polar surface area (TPSA) is 79.2 Å². The predicted molar refractivity (Wildman–Crippen MR) is 147 cm³/mol. The molecule has 0 bridgehead atoms. The number of ether oxygens (including phenoxy) is 2. The molecule has 5 rings (SSSR count). The van der Waals surface area contributed by atoms with Gasteiger partial charge in [-0.2, -0.15) is 0 Å². The summed E-state index contributed by atoms with van der Waals surface area (Å²) >= 11 is 0. The summed E-state index contributed by atoms with van der Waals surface area (Å²) in [6.45, 7) is 6.15. The Morgan fingerprint density at radius 2 is 1.65 bits per heavy atom. The lowest BCUT2D eigenvalue weighted by Gasteiger charge is -2.30. The van der Waals surface area contributed by atoms with Crippen LogP contribution in [0.15, 0.2) is 72.8 Å². The fraction of sp³-hybridized carbons (Fsp3) is 0.367. The van der Waals surface area contributed by atoms with Crippen LogP contribution in [0.4, 0.5) is 11.4 Å². The van der Waals surface area contributed by atoms with Crippen molar-refractivity contribution in [3.8, 4) is 11.5 Å². The minimum Gasteiger partial charge on any atom is -0.454 e. The molecule has 0 spiro atoms. The van der Waals surface area contributed by atoms with Gasteiger partial charge in [0.15, 0.2) is 14.1 Å². The van der Waals surface area contributed by atoms with Gasteiger partial charge in [0.05, 0.1) is 23.5 Å². The number of anilines is 2. The Hall–Kier alpha value is -2.97. The Morgan fingerprint density at radius 1 is 0.919 bits per heavy atom. The van der Waals surface area contributed by atoms with Gasteiger partial charge in [-0.05, 0) is 80.2 Å². The van der Waals surface area contributed by atoms with Crippen LogP contribution < -0.4 is 9.64 Å². The van der Waals surface area contributed by atoms with E-state index in [2.05, 4.69) is 19.1 Å². The van der Waals surface area contributed by atoms with Crippen LogP contribution in [0.5, 0.6) is 11.5 Å². The number of hydrogen-bond acceptors (Lipinski definition) is 5. The molecule has 4 atom stereocenters. The number of carbonyl (C=O) groups excluding carboxylic acids is 1. The quantitative estimate of drug-likeness (QED) is 0.373. The van der Waals surface area contributed by atoms with Gasteiger partial charge in [-0.15, -0.1) is 0 Å². The van der Waals surface area contributed by atoms with Crippen molar-refractivity contribution in [3.05, 3.63) is 83.9 Å². The van der Waals surface area contributed by atoms with Crippen molar-refractivity contribution in [2.24, 2.45) is 5.92 Å². The third-order valence-corrected chi connectivity index (χ3v) is 10.2. The summed E-state index contributed by atoms with van der Waals surface area (Å²) in [7, 11) is -2.44. The molecule has 7 heteroatoms. The molecule has 0 saturated carbocycles. The highest BCUT2D eigenvalue weighted by atomic mass is 28.4. The molecular weight excluding hydrogens is 482 g/mol. The molecule has 0 radical (unpaired) electrons. The van der Waals surface area contributed by atoms with E-state index in [-0.39, 0.29) is 36.2 Å². The van der Waals surface area contributed by atoms with Gasteiger partial charge in [0, 0.05) is 17.8 Å². The van der Waals surface area contributed by atoms with Crippen LogP contribution in [0, 0.1) is 5.92 Å². The molecule has 0 unspecified atom stereocenters. The number of aryl methyl sites for hydroxylation is 1. The van der Waals surface area contributed by atoms with Crippen molar-refractivity contribution in [1.29, 1.82) is 0 Å². The van der Waals surface area contributed by atoms with Crippen molar-refractivity contribution in [2.75, 3.05) is 11.5 Å². The van der Waals surface area contributed by atoms with Gasteiger partial charge in [0.1, 0.15) is 5.75 Å². The first-order chi connectivity index (χ1) is 17.8. The van der Waals surface area contributed by atoms with Gasteiger partial charge in [-0.3, -0.25) is 9.69 Å². The number of aliphatic hydroxyl groups is 1. The standard InChI is InChI=1S/C30H35NO5Si/c1-20-25(35-28(17-18-32)29(20)37(2,3)34)16-15-21-9-8-10-22(19-21)31-24-12-5-7-14-27(24)36-26-13-6-4-11-23(26)30(31)33/h4-14,19-20,25,28-29,32,34H,15-18H2,1-3H3/t20-,25+,28-,29+/m0/s1. The molecule has 2 heterocycles. The average molecular weight is 518 g/mol. The second-order valence-electron chi connectivity index (χ2n) is 10.7. The third-order valence-electron chi connectivity index (χ3n) is 7.67. The zero-order valence-corrected chi connectivity index (χ0v) is 22.6. The number of amides is 1. The van der Waals surface area contributed by atoms with E-state index in [9.17, 15) is 14.7 Å². The maximum atomic E-state index is 13.7. The van der Waals surface area contributed by atoms with Crippen LogP contribution >= 0.6 is 0 Å². The average Bonchev–Trinajstić information content (AvgIpc) is 3.13. The molecule has 6 nitrogen and oxygen atoms in total. The minimum absolute atomic E-state index is 0.0185. The Morgan fingerprint density at radius 3 is 2.41 bits per heavy atom. The Balaban J connectivity index is 1.40. The molecule has 3 aromatic rings. The Labute approximate surface area is 219 Å². The summed E-state index contributed by atoms with van der Waals surface area (Å²) in [5, 5.41) is 9.53. The van der Waals surface area contributed by atoms with Crippen LogP contribution in [0.25, 0.3) is 0 Å². The highest BCUT2D eigenvalue weighted by Gasteiger charge is 2.49. The molecule has 0 aliphatic carbocycles. The first-order valence-electron chi connectivity index (χ1n) is 13.1. The fourth-order valence-corrected chi connectivity index (χ4v) is 8.69. The molecule has 37 heavy (non-hydrogen) atoms. The van der Waals surface area contributed by atoms with E-state index in [4.69, 9.17) is 9.47 Å². The summed E-state index contributed by atoms with van der Waals surface area (Å²) in [5.74, 6) is 1.28. The van der Waals surface area contributed by atoms with E-state index in [0.29, 0.717) is 29.2 Å². The number of aliphatic hydroxyl groups excluding tert-OH is 1. The van der Waals surface area contributed by atoms with Gasteiger partial charge in [0.2, 0.25) is 0 Å². The van der Waals surface area contributed by atoms with Crippen molar-refractivity contribution >= 4 is 25.6 Å². The molecule has 0 aromatic heterocycles. The van der Waals surface area contributed by atoms with Crippen LogP contribution in [-0.2, 0) is 11.2 Å². The summed E-state index contributed by atoms with van der Waals surface area (Å²) in [5.41, 5.74) is 3.23. The number of nitrogens with zero attached hydrogens (tertiary/aromatic N) is 1. The number of hydrogen-bond donors (Lipinski definition) is 2. The summed E-state index contributed by atoms with van der Waals surface area (Å²) in [6, 6.07) is 23.0. The maximum absolute atomic E-state index is 13.7. The van der Waals surface area contributed by atoms with Gasteiger partial charge < -0.3 is 19.4 Å². The molecule has 194 valence electrons. The molecule has 2 aliphatic rings. The monoisotopic (exact) mass is 517 g/mol. The Bertz CT molecular complexity index is 1270. The van der Waals surface area contributed by atoms with E-state index in [1.807, 2.05) is 67.7 Å². The highest BCUT2D eigenvalue weighted by Crippen LogP contribution is 2.46. The number of benzene rings is 3. The van der Waals surface area contributed by atoms with Crippen molar-refractivity contribution < 1.29 is 24.2 Å². The number of fused-ring (bicyclic) bond motifs is 2. The van der Waals surface area contributed by atoms with Gasteiger partial charge in [0.25, 0.3) is 5.91 Å². The fourth-order valence-electron chi connectivity index (χ4n) is 6.03. The smallest absolute Gasteiger partial charge is 0.266 e. The molecule has 1 saturated heterocycles. The highest BCUT2D eigenvalue weighted by molar-refractivity contribution is 6.71. The lowest BCUT2D eigenvalue weighted by molar-refractivity contribution is 0.0192. The van der Waals surface area contributed by atoms with Crippen LogP contribution in [0.3, 0.4) is 0 Å². The lowest BCUT2D eigenvalue weighted by Crippen LogP contribution is -2.40. The number of carbonyl (C=O) groups is 1. The zero-order chi connectivity index (χ0) is 26.2. The summed E-state index contributed by atoms with van der Waals surface area (Å²) < 4.78 is 12.5. The molecule has 2 aliphatic heterocycles. The predicted octanol–water partition coefficient (Wildman–Crippen LogP) is 6.06. The van der Waals surface area contributed by atoms with E-state index in [1.54, 1.807) is 11.0 Å². The first kappa shape index (κ1) is 25.7. The number of para-hydroxylation sites is 3. The van der Waals surface area contributed by atoms with Crippen LogP contribution in [0.1, 0.15) is 35.7 Å². The van der Waals surface area contributed by atoms with Gasteiger partial charge in [-0.1, -0.05) is 43.3 Å². The third kappa shape index (κ3) is 5.09. The first-order valence-corrected chi connectivity index (χ1v) is 16.1. The molecule has 2 N–H and O–H groups in total. The number of rotatable bonds is 7. The molecule has 3 aromatic carbocycles. The van der Waals surface area contributed by atoms with E-state index >= 15 is 0 Å². The summed E-state index contributed by atoms with van der Waals surface area (Å²) in [6.07, 6.45) is 2.06. The van der Waals surface area contributed by atoms with Crippen LogP contribution in [0.2, 0.25) is 18.6 Å². The Kier molecular flexibility index (Phi) is 7.23. The zero-order valence-electron chi connectivity index (χ0n) is 21.6. The van der Waals surface area contributed by atoms with Crippen molar-refractivity contribution in [2.45, 2.75) is 57.0 Å². The minimum atomic E-state index is -2.44. The second-order valence-corrected chi connectivity index (χ2v) is 14.7. The lowest BCUT2D eigenvalue weighted by atomic mass is 9.95. The summed E-state index contributed by atoms with van der Waals surface area (Å²) in [4.78, 5) is 26.4. The van der Waals surface area contributed by atoms with Crippen LogP contribution in [-0.4, -0.2) is 42.9 Å². The largest absolute Gasteiger partial charge is 0.454 e. The molecule has 1 fully saturated rings. The van der Waals surface area contributed by atoms with Gasteiger partial charge >= 0.3 is 0 Å².